The zero-order valence-corrected chi connectivity index (χ0v) is 8.92. The Bertz CT molecular complexity index is 369. The van der Waals surface area contributed by atoms with Gasteiger partial charge in [0, 0.05) is 12.0 Å². The molecule has 1 aromatic rings. The third kappa shape index (κ3) is 1.30. The summed E-state index contributed by atoms with van der Waals surface area (Å²) in [7, 11) is 0. The van der Waals surface area contributed by atoms with E-state index in [0.717, 1.165) is 22.4 Å². The minimum atomic E-state index is -0.349. The molecule has 0 aromatic heterocycles. The predicted molar refractivity (Wildman–Crippen MR) is 55.7 cm³/mol. The van der Waals surface area contributed by atoms with Crippen molar-refractivity contribution in [3.63, 3.8) is 0 Å². The summed E-state index contributed by atoms with van der Waals surface area (Å²) in [6.07, 6.45) is 0.356. The quantitative estimate of drug-likeness (QED) is 0.684. The van der Waals surface area contributed by atoms with Gasteiger partial charge in [0.05, 0.1) is 12.7 Å². The fraction of sp³-hybridized carbons (Fsp3) is 0.500. The van der Waals surface area contributed by atoms with Crippen LogP contribution in [-0.2, 0) is 0 Å². The van der Waals surface area contributed by atoms with Crippen LogP contribution in [0.5, 0.6) is 5.75 Å². The van der Waals surface area contributed by atoms with Crippen molar-refractivity contribution in [2.24, 2.45) is 0 Å². The van der Waals surface area contributed by atoms with Gasteiger partial charge in [-0.1, -0.05) is 6.07 Å². The lowest BCUT2D eigenvalue weighted by atomic mass is 9.93. The van der Waals surface area contributed by atoms with E-state index in [4.69, 9.17) is 4.74 Å². The highest BCUT2D eigenvalue weighted by atomic mass is 16.5. The Morgan fingerprint density at radius 1 is 1.29 bits per heavy atom. The van der Waals surface area contributed by atoms with Crippen LogP contribution in [0.25, 0.3) is 0 Å². The van der Waals surface area contributed by atoms with Crippen molar-refractivity contribution in [1.82, 2.24) is 0 Å². The summed E-state index contributed by atoms with van der Waals surface area (Å²) in [5.74, 6) is 0.904. The van der Waals surface area contributed by atoms with E-state index in [1.807, 2.05) is 13.8 Å². The molecule has 0 saturated heterocycles. The molecule has 0 aliphatic carbocycles. The lowest BCUT2D eigenvalue weighted by Gasteiger charge is -2.26. The second kappa shape index (κ2) is 3.28. The van der Waals surface area contributed by atoms with Crippen LogP contribution in [0.4, 0.5) is 0 Å². The van der Waals surface area contributed by atoms with Crippen molar-refractivity contribution in [3.8, 4) is 5.75 Å². The second-order valence-corrected chi connectivity index (χ2v) is 4.03. The molecule has 1 aliphatic heterocycles. The van der Waals surface area contributed by atoms with E-state index in [2.05, 4.69) is 13.0 Å². The number of fused-ring (bicyclic) bond motifs is 1. The van der Waals surface area contributed by atoms with Gasteiger partial charge in [0.15, 0.2) is 0 Å². The van der Waals surface area contributed by atoms with Crippen LogP contribution in [0.3, 0.4) is 0 Å². The van der Waals surface area contributed by atoms with Crippen molar-refractivity contribution in [2.75, 3.05) is 6.61 Å². The molecule has 0 unspecified atom stereocenters. The Kier molecular flexibility index (Phi) is 2.23. The zero-order valence-electron chi connectivity index (χ0n) is 8.92. The van der Waals surface area contributed by atoms with Crippen LogP contribution in [0.2, 0.25) is 0 Å². The molecule has 2 rings (SSSR count). The van der Waals surface area contributed by atoms with Crippen molar-refractivity contribution >= 4 is 0 Å². The molecule has 1 N–H and O–H groups in total. The lowest BCUT2D eigenvalue weighted by Crippen LogP contribution is -2.16. The van der Waals surface area contributed by atoms with Gasteiger partial charge in [0.2, 0.25) is 0 Å². The van der Waals surface area contributed by atoms with E-state index in [-0.39, 0.29) is 6.10 Å². The normalized spacial score (nSPS) is 20.1. The van der Waals surface area contributed by atoms with Crippen molar-refractivity contribution in [3.05, 3.63) is 28.3 Å². The molecular weight excluding hydrogens is 176 g/mol. The molecule has 2 heteroatoms. The number of hydrogen-bond acceptors (Lipinski definition) is 2. The first-order valence-corrected chi connectivity index (χ1v) is 5.03. The summed E-state index contributed by atoms with van der Waals surface area (Å²) in [5.41, 5.74) is 4.51. The highest BCUT2D eigenvalue weighted by Crippen LogP contribution is 2.38. The summed E-state index contributed by atoms with van der Waals surface area (Å²) in [6, 6.07) is 2.12. The first-order chi connectivity index (χ1) is 6.61. The second-order valence-electron chi connectivity index (χ2n) is 4.03. The fourth-order valence-electron chi connectivity index (χ4n) is 2.09. The summed E-state index contributed by atoms with van der Waals surface area (Å²) < 4.78 is 5.63. The Morgan fingerprint density at radius 3 is 2.71 bits per heavy atom. The number of aliphatic hydroxyl groups excluding tert-OH is 1. The molecule has 0 radical (unpaired) electrons. The molecule has 1 aliphatic rings. The van der Waals surface area contributed by atoms with Crippen LogP contribution in [0, 0.1) is 20.8 Å². The summed E-state index contributed by atoms with van der Waals surface area (Å²) in [6.45, 7) is 6.78. The van der Waals surface area contributed by atoms with Crippen molar-refractivity contribution < 1.29 is 9.84 Å². The first-order valence-electron chi connectivity index (χ1n) is 5.03. The Hall–Kier alpha value is -1.02. The predicted octanol–water partition coefficient (Wildman–Crippen LogP) is 2.43. The van der Waals surface area contributed by atoms with Gasteiger partial charge in [-0.15, -0.1) is 0 Å². The SMILES string of the molecule is Cc1cc(C)c2c(c1C)OCC[C@H]2O. The van der Waals surface area contributed by atoms with E-state index in [1.54, 1.807) is 0 Å². The van der Waals surface area contributed by atoms with Gasteiger partial charge in [-0.3, -0.25) is 0 Å². The molecule has 0 amide bonds. The summed E-state index contributed by atoms with van der Waals surface area (Å²) in [5, 5.41) is 9.88. The van der Waals surface area contributed by atoms with E-state index in [1.165, 1.54) is 5.56 Å². The van der Waals surface area contributed by atoms with Gasteiger partial charge in [0.1, 0.15) is 5.75 Å². The van der Waals surface area contributed by atoms with Crippen molar-refractivity contribution in [2.45, 2.75) is 33.3 Å². The van der Waals surface area contributed by atoms with E-state index < -0.39 is 0 Å². The monoisotopic (exact) mass is 192 g/mol. The van der Waals surface area contributed by atoms with Crippen molar-refractivity contribution in [1.29, 1.82) is 0 Å². The topological polar surface area (TPSA) is 29.5 Å². The standard InChI is InChI=1S/C12H16O2/c1-7-6-8(2)11-10(13)4-5-14-12(11)9(7)3/h6,10,13H,4-5H2,1-3H3/t10-/m1/s1. The Labute approximate surface area is 84.5 Å². The number of aliphatic hydroxyl groups is 1. The van der Waals surface area contributed by atoms with E-state index in [9.17, 15) is 5.11 Å². The number of rotatable bonds is 0. The maximum Gasteiger partial charge on any atom is 0.128 e. The molecule has 14 heavy (non-hydrogen) atoms. The molecule has 0 fully saturated rings. The van der Waals surface area contributed by atoms with E-state index >= 15 is 0 Å². The molecule has 1 atom stereocenters. The third-order valence-electron chi connectivity index (χ3n) is 3.01. The van der Waals surface area contributed by atoms with Gasteiger partial charge in [0.25, 0.3) is 0 Å². The van der Waals surface area contributed by atoms with Crippen LogP contribution < -0.4 is 4.74 Å². The number of aryl methyl sites for hydroxylation is 2. The Morgan fingerprint density at radius 2 is 2.00 bits per heavy atom. The average Bonchev–Trinajstić information content (AvgIpc) is 2.14. The number of hydrogen-bond donors (Lipinski definition) is 1. The summed E-state index contributed by atoms with van der Waals surface area (Å²) >= 11 is 0. The number of ether oxygens (including phenoxy) is 1. The third-order valence-corrected chi connectivity index (χ3v) is 3.01. The van der Waals surface area contributed by atoms with Gasteiger partial charge in [-0.25, -0.2) is 0 Å². The number of benzene rings is 1. The smallest absolute Gasteiger partial charge is 0.128 e. The van der Waals surface area contributed by atoms with Gasteiger partial charge in [-0.05, 0) is 37.5 Å². The molecule has 1 heterocycles. The maximum absolute atomic E-state index is 9.88. The molecule has 1 aromatic carbocycles. The summed E-state index contributed by atoms with van der Waals surface area (Å²) in [4.78, 5) is 0. The molecular formula is C12H16O2. The lowest BCUT2D eigenvalue weighted by molar-refractivity contribution is 0.114. The van der Waals surface area contributed by atoms with E-state index in [0.29, 0.717) is 13.0 Å². The fourth-order valence-corrected chi connectivity index (χ4v) is 2.09. The Balaban J connectivity index is 2.66. The van der Waals surface area contributed by atoms with Crippen LogP contribution in [-0.4, -0.2) is 11.7 Å². The zero-order chi connectivity index (χ0) is 10.3. The molecule has 0 bridgehead atoms. The minimum Gasteiger partial charge on any atom is -0.493 e. The molecule has 0 spiro atoms. The highest BCUT2D eigenvalue weighted by Gasteiger charge is 2.23. The highest BCUT2D eigenvalue weighted by molar-refractivity contribution is 5.51. The molecule has 2 nitrogen and oxygen atoms in total. The van der Waals surface area contributed by atoms with Gasteiger partial charge >= 0.3 is 0 Å². The molecule has 76 valence electrons. The largest absolute Gasteiger partial charge is 0.493 e. The maximum atomic E-state index is 9.88. The van der Waals surface area contributed by atoms with Crippen LogP contribution in [0.15, 0.2) is 6.07 Å². The first kappa shape index (κ1) is 9.53. The van der Waals surface area contributed by atoms with Crippen LogP contribution >= 0.6 is 0 Å². The average molecular weight is 192 g/mol. The van der Waals surface area contributed by atoms with Gasteiger partial charge < -0.3 is 9.84 Å². The minimum absolute atomic E-state index is 0.349. The van der Waals surface area contributed by atoms with Gasteiger partial charge in [-0.2, -0.15) is 0 Å². The molecule has 0 saturated carbocycles. The van der Waals surface area contributed by atoms with Crippen LogP contribution in [0.1, 0.15) is 34.8 Å².